The molecule has 0 radical (unpaired) electrons. The molecule has 114 valence electrons. The summed E-state index contributed by atoms with van der Waals surface area (Å²) in [5.74, 6) is -0.168. The summed E-state index contributed by atoms with van der Waals surface area (Å²) in [4.78, 5) is 41.8. The topological polar surface area (TPSA) is 60.9 Å². The average molecular weight is 299 g/mol. The van der Waals surface area contributed by atoms with Crippen LogP contribution in [0.4, 0.5) is 10.5 Å². The summed E-state index contributed by atoms with van der Waals surface area (Å²) in [5, 5.41) is 0. The predicted octanol–water partition coefficient (Wildman–Crippen LogP) is 1.22. The Morgan fingerprint density at radius 3 is 2.55 bits per heavy atom. The van der Waals surface area contributed by atoms with Crippen LogP contribution in [0.15, 0.2) is 30.3 Å². The average Bonchev–Trinajstić information content (AvgIpc) is 3.19. The number of para-hydroxylation sites is 1. The van der Waals surface area contributed by atoms with Crippen molar-refractivity contribution in [3.05, 3.63) is 30.3 Å². The maximum atomic E-state index is 12.5. The number of carbonyl (C=O) groups excluding carboxylic acids is 3. The van der Waals surface area contributed by atoms with Crippen LogP contribution in [0.2, 0.25) is 0 Å². The van der Waals surface area contributed by atoms with Crippen molar-refractivity contribution in [3.63, 3.8) is 0 Å². The molecule has 3 heterocycles. The van der Waals surface area contributed by atoms with E-state index in [-0.39, 0.29) is 36.3 Å². The first-order chi connectivity index (χ1) is 10.7. The van der Waals surface area contributed by atoms with Crippen LogP contribution in [0.25, 0.3) is 0 Å². The summed E-state index contributed by atoms with van der Waals surface area (Å²) in [6, 6.07) is 8.50. The molecule has 3 aliphatic heterocycles. The quantitative estimate of drug-likeness (QED) is 0.771. The molecule has 0 unspecified atom stereocenters. The molecule has 0 aromatic heterocycles. The van der Waals surface area contributed by atoms with Crippen LogP contribution in [-0.4, -0.2) is 52.8 Å². The summed E-state index contributed by atoms with van der Waals surface area (Å²) in [7, 11) is 0. The van der Waals surface area contributed by atoms with Gasteiger partial charge in [-0.25, -0.2) is 4.79 Å². The molecular formula is C16H17N3O3. The van der Waals surface area contributed by atoms with Crippen LogP contribution in [0.1, 0.15) is 19.3 Å². The number of fused-ring (bicyclic) bond motifs is 1. The van der Waals surface area contributed by atoms with Crippen molar-refractivity contribution in [2.24, 2.45) is 0 Å². The summed E-state index contributed by atoms with van der Waals surface area (Å²) in [6.45, 7) is 1.04. The normalized spacial score (nSPS) is 28.0. The van der Waals surface area contributed by atoms with Crippen LogP contribution >= 0.6 is 0 Å². The van der Waals surface area contributed by atoms with Crippen molar-refractivity contribution in [3.8, 4) is 0 Å². The highest BCUT2D eigenvalue weighted by molar-refractivity contribution is 6.06. The van der Waals surface area contributed by atoms with Crippen LogP contribution in [-0.2, 0) is 9.59 Å². The minimum atomic E-state index is -0.349. The van der Waals surface area contributed by atoms with Gasteiger partial charge in [0, 0.05) is 25.2 Å². The fraction of sp³-hybridized carbons (Fsp3) is 0.438. The number of urea groups is 1. The molecule has 3 saturated heterocycles. The molecule has 3 fully saturated rings. The van der Waals surface area contributed by atoms with Gasteiger partial charge in [0.1, 0.15) is 6.04 Å². The van der Waals surface area contributed by atoms with E-state index >= 15 is 0 Å². The summed E-state index contributed by atoms with van der Waals surface area (Å²) >= 11 is 0. The van der Waals surface area contributed by atoms with Crippen molar-refractivity contribution in [1.82, 2.24) is 9.80 Å². The van der Waals surface area contributed by atoms with E-state index in [1.54, 1.807) is 9.80 Å². The second kappa shape index (κ2) is 4.83. The predicted molar refractivity (Wildman–Crippen MR) is 79.2 cm³/mol. The monoisotopic (exact) mass is 299 g/mol. The fourth-order valence-electron chi connectivity index (χ4n) is 3.70. The smallest absolute Gasteiger partial charge is 0.312 e. The molecular weight excluding hydrogens is 282 g/mol. The Morgan fingerprint density at radius 1 is 1.05 bits per heavy atom. The van der Waals surface area contributed by atoms with Crippen LogP contribution in [0.5, 0.6) is 0 Å². The molecule has 6 heteroatoms. The molecule has 4 rings (SSSR count). The van der Waals surface area contributed by atoms with Crippen molar-refractivity contribution >= 4 is 23.5 Å². The minimum absolute atomic E-state index is 0.0381. The Labute approximate surface area is 128 Å². The molecule has 1 aromatic carbocycles. The van der Waals surface area contributed by atoms with E-state index in [0.717, 1.165) is 18.5 Å². The van der Waals surface area contributed by atoms with Gasteiger partial charge in [-0.1, -0.05) is 18.2 Å². The van der Waals surface area contributed by atoms with Crippen LogP contribution in [0.3, 0.4) is 0 Å². The molecule has 4 amide bonds. The summed E-state index contributed by atoms with van der Waals surface area (Å²) < 4.78 is 0. The lowest BCUT2D eigenvalue weighted by atomic mass is 10.2. The van der Waals surface area contributed by atoms with E-state index in [2.05, 4.69) is 0 Å². The van der Waals surface area contributed by atoms with Gasteiger partial charge in [0.2, 0.25) is 5.91 Å². The number of nitrogens with zero attached hydrogens (tertiary/aromatic N) is 3. The van der Waals surface area contributed by atoms with Gasteiger partial charge in [0.05, 0.1) is 6.04 Å². The van der Waals surface area contributed by atoms with Crippen LogP contribution in [0, 0.1) is 0 Å². The zero-order chi connectivity index (χ0) is 15.3. The molecule has 6 nitrogen and oxygen atoms in total. The van der Waals surface area contributed by atoms with Gasteiger partial charge in [-0.15, -0.1) is 0 Å². The molecule has 3 aliphatic rings. The number of anilines is 1. The van der Waals surface area contributed by atoms with Crippen LogP contribution < -0.4 is 4.90 Å². The number of benzene rings is 1. The minimum Gasteiger partial charge on any atom is -0.312 e. The highest BCUT2D eigenvalue weighted by Crippen LogP contribution is 2.32. The van der Waals surface area contributed by atoms with Gasteiger partial charge in [-0.2, -0.15) is 0 Å². The Bertz CT molecular complexity index is 623. The van der Waals surface area contributed by atoms with Gasteiger partial charge >= 0.3 is 6.03 Å². The van der Waals surface area contributed by atoms with Gasteiger partial charge in [0.25, 0.3) is 5.91 Å². The third kappa shape index (κ3) is 1.83. The molecule has 22 heavy (non-hydrogen) atoms. The van der Waals surface area contributed by atoms with Gasteiger partial charge < -0.3 is 9.80 Å². The van der Waals surface area contributed by atoms with Crippen molar-refractivity contribution in [2.75, 3.05) is 18.0 Å². The Hall–Kier alpha value is -2.37. The lowest BCUT2D eigenvalue weighted by Crippen LogP contribution is -2.43. The van der Waals surface area contributed by atoms with Gasteiger partial charge in [-0.3, -0.25) is 14.5 Å². The number of amides is 4. The molecule has 0 aliphatic carbocycles. The van der Waals surface area contributed by atoms with Crippen molar-refractivity contribution < 1.29 is 14.4 Å². The number of rotatable bonds is 2. The summed E-state index contributed by atoms with van der Waals surface area (Å²) in [6.07, 6.45) is 1.84. The zero-order valence-corrected chi connectivity index (χ0v) is 12.1. The SMILES string of the molecule is O=C1C[C@@H](N2C(=O)[C@H]3CCCN3C2=O)CN1c1ccccc1. The molecule has 1 aromatic rings. The van der Waals surface area contributed by atoms with E-state index in [1.165, 1.54) is 4.90 Å². The molecule has 2 atom stereocenters. The lowest BCUT2D eigenvalue weighted by Gasteiger charge is -2.22. The van der Waals surface area contributed by atoms with Crippen molar-refractivity contribution in [2.45, 2.75) is 31.3 Å². The van der Waals surface area contributed by atoms with Gasteiger partial charge in [0.15, 0.2) is 0 Å². The van der Waals surface area contributed by atoms with Gasteiger partial charge in [-0.05, 0) is 25.0 Å². The molecule has 0 spiro atoms. The van der Waals surface area contributed by atoms with E-state index in [4.69, 9.17) is 0 Å². The number of hydrogen-bond acceptors (Lipinski definition) is 3. The number of hydrogen-bond donors (Lipinski definition) is 0. The van der Waals surface area contributed by atoms with E-state index in [1.807, 2.05) is 30.3 Å². The standard InChI is InChI=1S/C16H17N3O3/c20-14-9-12(10-18(14)11-5-2-1-3-6-11)19-15(21)13-7-4-8-17(13)16(19)22/h1-3,5-6,12-13H,4,7-10H2/t12-,13-/m1/s1. The highest BCUT2D eigenvalue weighted by Gasteiger charge is 2.52. The highest BCUT2D eigenvalue weighted by atomic mass is 16.2. The second-order valence-electron chi connectivity index (χ2n) is 6.04. The Balaban J connectivity index is 1.57. The number of imide groups is 1. The Morgan fingerprint density at radius 2 is 1.82 bits per heavy atom. The largest absolute Gasteiger partial charge is 0.327 e. The maximum absolute atomic E-state index is 12.5. The maximum Gasteiger partial charge on any atom is 0.327 e. The fourth-order valence-corrected chi connectivity index (χ4v) is 3.70. The van der Waals surface area contributed by atoms with Crippen molar-refractivity contribution in [1.29, 1.82) is 0 Å². The molecule has 0 bridgehead atoms. The molecule has 0 N–H and O–H groups in total. The zero-order valence-electron chi connectivity index (χ0n) is 12.1. The number of carbonyl (C=O) groups is 3. The first kappa shape index (κ1) is 13.3. The summed E-state index contributed by atoms with van der Waals surface area (Å²) in [5.41, 5.74) is 0.814. The van der Waals surface area contributed by atoms with E-state index in [9.17, 15) is 14.4 Å². The second-order valence-corrected chi connectivity index (χ2v) is 6.04. The lowest BCUT2D eigenvalue weighted by molar-refractivity contribution is -0.129. The Kier molecular flexibility index (Phi) is 2.92. The first-order valence-electron chi connectivity index (χ1n) is 7.66. The third-order valence-corrected chi connectivity index (χ3v) is 4.76. The third-order valence-electron chi connectivity index (χ3n) is 4.76. The van der Waals surface area contributed by atoms with E-state index in [0.29, 0.717) is 13.1 Å². The van der Waals surface area contributed by atoms with E-state index < -0.39 is 0 Å². The molecule has 0 saturated carbocycles. The first-order valence-corrected chi connectivity index (χ1v) is 7.66.